The minimum atomic E-state index is -0.307. The largest absolute Gasteiger partial charge is 0.369 e. The third-order valence-electron chi connectivity index (χ3n) is 2.03. The van der Waals surface area contributed by atoms with Gasteiger partial charge in [0.05, 0.1) is 5.25 Å². The summed E-state index contributed by atoms with van der Waals surface area (Å²) in [6, 6.07) is 0. The molecule has 0 saturated heterocycles. The Kier molecular flexibility index (Phi) is 2.73. The number of aromatic nitrogens is 2. The van der Waals surface area contributed by atoms with Gasteiger partial charge in [-0.05, 0) is 19.8 Å². The van der Waals surface area contributed by atoms with E-state index >= 15 is 0 Å². The fourth-order valence-electron chi connectivity index (χ4n) is 0.973. The van der Waals surface area contributed by atoms with Crippen molar-refractivity contribution >= 4 is 29.0 Å². The van der Waals surface area contributed by atoms with Gasteiger partial charge in [-0.25, -0.2) is 0 Å². The molecule has 2 rings (SSSR count). The summed E-state index contributed by atoms with van der Waals surface area (Å²) in [4.78, 5) is 10.8. The predicted molar refractivity (Wildman–Crippen MR) is 56.4 cm³/mol. The summed E-state index contributed by atoms with van der Waals surface area (Å²) in [5.74, 6) is 0.323. The number of hydrogen-bond acceptors (Lipinski definition) is 5. The molecule has 2 N–H and O–H groups in total. The lowest BCUT2D eigenvalue weighted by Crippen LogP contribution is -2.22. The number of carbonyl (C=O) groups is 1. The fourth-order valence-corrected chi connectivity index (χ4v) is 3.11. The molecule has 1 atom stereocenters. The van der Waals surface area contributed by atoms with Crippen molar-refractivity contribution in [3.05, 3.63) is 5.01 Å². The summed E-state index contributed by atoms with van der Waals surface area (Å²) >= 11 is 2.97. The molecule has 1 aliphatic rings. The zero-order valence-corrected chi connectivity index (χ0v) is 9.40. The first kappa shape index (κ1) is 9.92. The maximum Gasteiger partial charge on any atom is 0.230 e. The predicted octanol–water partition coefficient (Wildman–Crippen LogP) is 1.38. The first-order valence-electron chi connectivity index (χ1n) is 4.46. The molecule has 1 heterocycles. The molecular weight excluding hydrogens is 218 g/mol. The van der Waals surface area contributed by atoms with Crippen molar-refractivity contribution in [2.24, 2.45) is 5.73 Å². The van der Waals surface area contributed by atoms with Crippen molar-refractivity contribution in [3.63, 3.8) is 0 Å². The van der Waals surface area contributed by atoms with Crippen LogP contribution in [0.1, 0.15) is 30.7 Å². The molecule has 1 aliphatic carbocycles. The van der Waals surface area contributed by atoms with Crippen molar-refractivity contribution in [1.29, 1.82) is 0 Å². The van der Waals surface area contributed by atoms with Crippen LogP contribution in [0.2, 0.25) is 0 Å². The number of hydrogen-bond donors (Lipinski definition) is 1. The lowest BCUT2D eigenvalue weighted by Gasteiger charge is -2.01. The van der Waals surface area contributed by atoms with E-state index in [1.807, 2.05) is 0 Å². The van der Waals surface area contributed by atoms with E-state index in [-0.39, 0.29) is 11.2 Å². The highest BCUT2D eigenvalue weighted by atomic mass is 32.2. The van der Waals surface area contributed by atoms with Crippen LogP contribution in [0.5, 0.6) is 0 Å². The maximum atomic E-state index is 10.8. The van der Waals surface area contributed by atoms with Gasteiger partial charge in [-0.2, -0.15) is 0 Å². The Morgan fingerprint density at radius 2 is 2.36 bits per heavy atom. The van der Waals surface area contributed by atoms with Gasteiger partial charge in [0.2, 0.25) is 5.91 Å². The van der Waals surface area contributed by atoms with Gasteiger partial charge in [-0.3, -0.25) is 4.79 Å². The van der Waals surface area contributed by atoms with Crippen LogP contribution >= 0.6 is 23.1 Å². The average Bonchev–Trinajstić information content (AvgIpc) is 2.88. The Morgan fingerprint density at radius 1 is 1.64 bits per heavy atom. The Labute approximate surface area is 90.3 Å². The molecule has 0 bridgehead atoms. The van der Waals surface area contributed by atoms with Crippen molar-refractivity contribution in [2.45, 2.75) is 35.3 Å². The molecule has 0 radical (unpaired) electrons. The van der Waals surface area contributed by atoms with Gasteiger partial charge in [0, 0.05) is 5.92 Å². The molecule has 0 aromatic carbocycles. The highest BCUT2D eigenvalue weighted by Gasteiger charge is 2.28. The summed E-state index contributed by atoms with van der Waals surface area (Å²) in [6.45, 7) is 1.78. The Morgan fingerprint density at radius 3 is 2.93 bits per heavy atom. The van der Waals surface area contributed by atoms with Crippen LogP contribution < -0.4 is 5.73 Å². The Balaban J connectivity index is 1.98. The van der Waals surface area contributed by atoms with Gasteiger partial charge in [-0.1, -0.05) is 23.1 Å². The summed E-state index contributed by atoms with van der Waals surface area (Å²) in [5.41, 5.74) is 5.16. The number of rotatable bonds is 4. The van der Waals surface area contributed by atoms with Gasteiger partial charge in [0.25, 0.3) is 0 Å². The second-order valence-electron chi connectivity index (χ2n) is 3.34. The number of primary amides is 1. The van der Waals surface area contributed by atoms with Gasteiger partial charge >= 0.3 is 0 Å². The molecule has 1 fully saturated rings. The van der Waals surface area contributed by atoms with Gasteiger partial charge in [0.1, 0.15) is 5.01 Å². The normalized spacial score (nSPS) is 18.1. The molecule has 0 unspecified atom stereocenters. The van der Waals surface area contributed by atoms with E-state index in [0.717, 1.165) is 9.35 Å². The molecule has 76 valence electrons. The number of nitrogens with two attached hydrogens (primary N) is 1. The van der Waals surface area contributed by atoms with Crippen molar-refractivity contribution in [2.75, 3.05) is 0 Å². The SMILES string of the molecule is C[C@H](Sc1nnc(C2CC2)s1)C(N)=O. The molecule has 6 heteroatoms. The maximum absolute atomic E-state index is 10.8. The molecule has 0 aliphatic heterocycles. The third kappa shape index (κ3) is 2.24. The van der Waals surface area contributed by atoms with Crippen molar-refractivity contribution < 1.29 is 4.79 Å². The molecule has 1 saturated carbocycles. The topological polar surface area (TPSA) is 68.9 Å². The van der Waals surface area contributed by atoms with Crippen LogP contribution in [0.25, 0.3) is 0 Å². The Hall–Kier alpha value is -0.620. The number of thioether (sulfide) groups is 1. The van der Waals surface area contributed by atoms with Crippen LogP contribution in [-0.2, 0) is 4.79 Å². The van der Waals surface area contributed by atoms with Crippen LogP contribution in [0.4, 0.5) is 0 Å². The first-order valence-corrected chi connectivity index (χ1v) is 6.16. The van der Waals surface area contributed by atoms with Crippen LogP contribution in [0.15, 0.2) is 4.34 Å². The highest BCUT2D eigenvalue weighted by Crippen LogP contribution is 2.42. The van der Waals surface area contributed by atoms with E-state index in [1.165, 1.54) is 24.6 Å². The summed E-state index contributed by atoms with van der Waals surface area (Å²) in [6.07, 6.45) is 2.45. The average molecular weight is 229 g/mol. The van der Waals surface area contributed by atoms with Crippen LogP contribution in [-0.4, -0.2) is 21.4 Å². The zero-order valence-electron chi connectivity index (χ0n) is 7.77. The van der Waals surface area contributed by atoms with E-state index in [0.29, 0.717) is 5.92 Å². The van der Waals surface area contributed by atoms with Crippen molar-refractivity contribution in [1.82, 2.24) is 10.2 Å². The zero-order chi connectivity index (χ0) is 10.1. The van der Waals surface area contributed by atoms with Gasteiger partial charge in [0.15, 0.2) is 4.34 Å². The summed E-state index contributed by atoms with van der Waals surface area (Å²) in [5, 5.41) is 8.98. The minimum Gasteiger partial charge on any atom is -0.369 e. The third-order valence-corrected chi connectivity index (χ3v) is 4.32. The molecule has 0 spiro atoms. The van der Waals surface area contributed by atoms with E-state index in [9.17, 15) is 4.79 Å². The standard InChI is InChI=1S/C8H11N3OS2/c1-4(6(9)12)13-8-11-10-7(14-8)5-2-3-5/h4-5H,2-3H2,1H3,(H2,9,12)/t4-/m0/s1. The highest BCUT2D eigenvalue weighted by molar-refractivity contribution is 8.02. The van der Waals surface area contributed by atoms with E-state index < -0.39 is 0 Å². The van der Waals surface area contributed by atoms with Crippen LogP contribution in [0.3, 0.4) is 0 Å². The first-order chi connectivity index (χ1) is 6.66. The van der Waals surface area contributed by atoms with E-state index in [2.05, 4.69) is 10.2 Å². The number of carbonyl (C=O) groups excluding carboxylic acids is 1. The molecule has 1 aromatic rings. The van der Waals surface area contributed by atoms with Crippen molar-refractivity contribution in [3.8, 4) is 0 Å². The lowest BCUT2D eigenvalue weighted by molar-refractivity contribution is -0.117. The second-order valence-corrected chi connectivity index (χ2v) is 5.94. The van der Waals surface area contributed by atoms with Gasteiger partial charge < -0.3 is 5.73 Å². The molecule has 1 amide bonds. The van der Waals surface area contributed by atoms with E-state index in [4.69, 9.17) is 5.73 Å². The quantitative estimate of drug-likeness (QED) is 0.792. The van der Waals surface area contributed by atoms with E-state index in [1.54, 1.807) is 18.3 Å². The van der Waals surface area contributed by atoms with Gasteiger partial charge in [-0.15, -0.1) is 10.2 Å². The number of nitrogens with zero attached hydrogens (tertiary/aromatic N) is 2. The monoisotopic (exact) mass is 229 g/mol. The molecule has 14 heavy (non-hydrogen) atoms. The smallest absolute Gasteiger partial charge is 0.230 e. The molecule has 4 nitrogen and oxygen atoms in total. The van der Waals surface area contributed by atoms with Crippen LogP contribution in [0, 0.1) is 0 Å². The molecular formula is C8H11N3OS2. The Bertz CT molecular complexity index is 348. The lowest BCUT2D eigenvalue weighted by atomic mass is 10.5. The summed E-state index contributed by atoms with van der Waals surface area (Å²) < 4.78 is 0.846. The molecule has 1 aromatic heterocycles. The minimum absolute atomic E-state index is 0.227. The summed E-state index contributed by atoms with van der Waals surface area (Å²) in [7, 11) is 0. The fraction of sp³-hybridized carbons (Fsp3) is 0.625. The number of amides is 1. The second kappa shape index (κ2) is 3.86.